The highest BCUT2D eigenvalue weighted by Gasteiger charge is 2.13. The van der Waals surface area contributed by atoms with Gasteiger partial charge in [-0.1, -0.05) is 6.07 Å². The summed E-state index contributed by atoms with van der Waals surface area (Å²) >= 11 is 0. The van der Waals surface area contributed by atoms with Crippen molar-refractivity contribution in [2.75, 3.05) is 17.3 Å². The van der Waals surface area contributed by atoms with Gasteiger partial charge in [0.2, 0.25) is 5.95 Å². The van der Waals surface area contributed by atoms with Crippen molar-refractivity contribution in [1.82, 2.24) is 14.9 Å². The van der Waals surface area contributed by atoms with Gasteiger partial charge in [-0.15, -0.1) is 10.2 Å². The molecule has 2 aromatic rings. The molecule has 0 aliphatic carbocycles. The fourth-order valence-corrected chi connectivity index (χ4v) is 1.22. The summed E-state index contributed by atoms with van der Waals surface area (Å²) in [6.07, 6.45) is 0. The van der Waals surface area contributed by atoms with Crippen LogP contribution in [0.25, 0.3) is 11.4 Å². The molecule has 6 N–H and O–H groups in total. The molecule has 0 unspecified atom stereocenters. The monoisotopic (exact) mass is 208 g/mol. The molecule has 78 valence electrons. The predicted octanol–water partition coefficient (Wildman–Crippen LogP) is -0.0376. The van der Waals surface area contributed by atoms with Gasteiger partial charge in [0.15, 0.2) is 5.82 Å². The van der Waals surface area contributed by atoms with Crippen LogP contribution in [0.1, 0.15) is 0 Å². The van der Waals surface area contributed by atoms with Crippen LogP contribution >= 0.6 is 0 Å². The first-order valence-electron chi connectivity index (χ1n) is 4.11. The van der Waals surface area contributed by atoms with E-state index in [-0.39, 0.29) is 17.5 Å². The topological polar surface area (TPSA) is 109 Å². The maximum Gasteiger partial charge on any atom is 0.241 e. The molecular formula is C8H9FN6. The Balaban J connectivity index is 2.64. The minimum Gasteiger partial charge on any atom is -0.396 e. The van der Waals surface area contributed by atoms with E-state index in [9.17, 15) is 4.39 Å². The van der Waals surface area contributed by atoms with E-state index in [1.54, 1.807) is 6.07 Å². The Kier molecular flexibility index (Phi) is 1.93. The molecule has 0 aliphatic heterocycles. The Labute approximate surface area is 84.5 Å². The number of nitrogens with two attached hydrogens (primary N) is 3. The van der Waals surface area contributed by atoms with Gasteiger partial charge in [-0.3, -0.25) is 0 Å². The third-order valence-corrected chi connectivity index (χ3v) is 2.02. The second-order valence-electron chi connectivity index (χ2n) is 2.95. The number of nitrogens with zero attached hydrogens (tertiary/aromatic N) is 3. The van der Waals surface area contributed by atoms with E-state index in [2.05, 4.69) is 10.2 Å². The number of halogens is 1. The largest absolute Gasteiger partial charge is 0.396 e. The zero-order chi connectivity index (χ0) is 11.0. The molecule has 0 fully saturated rings. The average molecular weight is 208 g/mol. The molecule has 0 saturated carbocycles. The van der Waals surface area contributed by atoms with Crippen molar-refractivity contribution in [1.29, 1.82) is 0 Å². The molecule has 0 radical (unpaired) electrons. The lowest BCUT2D eigenvalue weighted by atomic mass is 10.1. The highest BCUT2D eigenvalue weighted by atomic mass is 19.1. The van der Waals surface area contributed by atoms with Gasteiger partial charge >= 0.3 is 0 Å². The molecule has 0 atom stereocenters. The molecule has 2 rings (SSSR count). The van der Waals surface area contributed by atoms with Crippen LogP contribution in [0, 0.1) is 5.82 Å². The highest BCUT2D eigenvalue weighted by molar-refractivity contribution is 5.72. The first-order chi connectivity index (χ1) is 7.11. The predicted molar refractivity (Wildman–Crippen MR) is 54.4 cm³/mol. The van der Waals surface area contributed by atoms with Crippen molar-refractivity contribution in [2.45, 2.75) is 0 Å². The van der Waals surface area contributed by atoms with Crippen LogP contribution in [0.2, 0.25) is 0 Å². The van der Waals surface area contributed by atoms with Crippen molar-refractivity contribution in [3.05, 3.63) is 24.0 Å². The van der Waals surface area contributed by atoms with Crippen LogP contribution in [0.4, 0.5) is 16.0 Å². The number of rotatable bonds is 1. The number of hydrogen-bond acceptors (Lipinski definition) is 5. The molecule has 1 aromatic carbocycles. The third kappa shape index (κ3) is 1.33. The lowest BCUT2D eigenvalue weighted by molar-refractivity contribution is 0.632. The molecule has 15 heavy (non-hydrogen) atoms. The molecule has 0 saturated heterocycles. The van der Waals surface area contributed by atoms with Crippen molar-refractivity contribution < 1.29 is 4.39 Å². The summed E-state index contributed by atoms with van der Waals surface area (Å²) < 4.78 is 14.2. The van der Waals surface area contributed by atoms with E-state index in [1.807, 2.05) is 0 Å². The van der Waals surface area contributed by atoms with E-state index in [1.165, 1.54) is 12.1 Å². The molecule has 6 nitrogen and oxygen atoms in total. The van der Waals surface area contributed by atoms with Crippen molar-refractivity contribution in [3.8, 4) is 11.4 Å². The number of benzene rings is 1. The van der Waals surface area contributed by atoms with Crippen LogP contribution in [0.15, 0.2) is 18.2 Å². The fraction of sp³-hybridized carbons (Fsp3) is 0. The van der Waals surface area contributed by atoms with E-state index < -0.39 is 5.82 Å². The van der Waals surface area contributed by atoms with Gasteiger partial charge in [0.1, 0.15) is 5.82 Å². The summed E-state index contributed by atoms with van der Waals surface area (Å²) in [4.78, 5) is 0. The van der Waals surface area contributed by atoms with Crippen LogP contribution in [-0.2, 0) is 0 Å². The quantitative estimate of drug-likeness (QED) is 0.450. The standard InChI is InChI=1S/C8H9FN6/c9-5-3-1-2-4(6(5)10)7-13-14-8(11)15(7)12/h1-3H,10,12H2,(H2,11,14). The SMILES string of the molecule is Nc1c(F)cccc1-c1nnc(N)n1N. The van der Waals surface area contributed by atoms with Gasteiger partial charge in [-0.2, -0.15) is 0 Å². The van der Waals surface area contributed by atoms with Gasteiger partial charge in [0.25, 0.3) is 0 Å². The zero-order valence-corrected chi connectivity index (χ0v) is 7.68. The lowest BCUT2D eigenvalue weighted by Crippen LogP contribution is -2.14. The Bertz CT molecular complexity index is 506. The van der Waals surface area contributed by atoms with Gasteiger partial charge in [0, 0.05) is 5.56 Å². The first-order valence-corrected chi connectivity index (χ1v) is 4.11. The third-order valence-electron chi connectivity index (χ3n) is 2.02. The summed E-state index contributed by atoms with van der Waals surface area (Å²) in [7, 11) is 0. The van der Waals surface area contributed by atoms with Crippen molar-refractivity contribution >= 4 is 11.6 Å². The summed E-state index contributed by atoms with van der Waals surface area (Å²) in [5.41, 5.74) is 11.3. The Morgan fingerprint density at radius 3 is 2.53 bits per heavy atom. The maximum absolute atomic E-state index is 13.1. The molecule has 7 heteroatoms. The first kappa shape index (κ1) is 9.25. The molecule has 0 aliphatic rings. The Morgan fingerprint density at radius 1 is 1.20 bits per heavy atom. The summed E-state index contributed by atoms with van der Waals surface area (Å²) in [6, 6.07) is 4.34. The Morgan fingerprint density at radius 2 is 1.93 bits per heavy atom. The normalized spacial score (nSPS) is 10.5. The van der Waals surface area contributed by atoms with Gasteiger partial charge in [-0.05, 0) is 12.1 Å². The lowest BCUT2D eigenvalue weighted by Gasteiger charge is -2.05. The molecule has 1 heterocycles. The molecule has 0 spiro atoms. The van der Waals surface area contributed by atoms with Crippen LogP contribution in [-0.4, -0.2) is 14.9 Å². The maximum atomic E-state index is 13.1. The fourth-order valence-electron chi connectivity index (χ4n) is 1.22. The van der Waals surface area contributed by atoms with Gasteiger partial charge in [-0.25, -0.2) is 9.07 Å². The number of para-hydroxylation sites is 1. The van der Waals surface area contributed by atoms with Crippen molar-refractivity contribution in [2.24, 2.45) is 0 Å². The molecular weight excluding hydrogens is 199 g/mol. The van der Waals surface area contributed by atoms with Crippen LogP contribution < -0.4 is 17.3 Å². The average Bonchev–Trinajstić information content (AvgIpc) is 2.53. The van der Waals surface area contributed by atoms with E-state index in [0.717, 1.165) is 4.68 Å². The van der Waals surface area contributed by atoms with E-state index >= 15 is 0 Å². The summed E-state index contributed by atoms with van der Waals surface area (Å²) in [5, 5.41) is 7.25. The van der Waals surface area contributed by atoms with Gasteiger partial charge in [0.05, 0.1) is 5.69 Å². The smallest absolute Gasteiger partial charge is 0.241 e. The Hall–Kier alpha value is -2.31. The van der Waals surface area contributed by atoms with Crippen LogP contribution in [0.5, 0.6) is 0 Å². The van der Waals surface area contributed by atoms with Gasteiger partial charge < -0.3 is 17.3 Å². The number of anilines is 2. The zero-order valence-electron chi connectivity index (χ0n) is 7.68. The minimum atomic E-state index is -0.533. The highest BCUT2D eigenvalue weighted by Crippen LogP contribution is 2.25. The van der Waals surface area contributed by atoms with Crippen LogP contribution in [0.3, 0.4) is 0 Å². The molecule has 0 bridgehead atoms. The molecule has 0 amide bonds. The number of hydrogen-bond donors (Lipinski definition) is 3. The summed E-state index contributed by atoms with van der Waals surface area (Å²) in [5.74, 6) is 5.27. The van der Waals surface area contributed by atoms with Crippen molar-refractivity contribution in [3.63, 3.8) is 0 Å². The number of aromatic nitrogens is 3. The summed E-state index contributed by atoms with van der Waals surface area (Å²) in [6.45, 7) is 0. The molecule has 1 aromatic heterocycles. The van der Waals surface area contributed by atoms with E-state index in [4.69, 9.17) is 17.3 Å². The number of nitrogen functional groups attached to an aromatic ring is 3. The minimum absolute atomic E-state index is 0.0309. The second kappa shape index (κ2) is 3.12. The second-order valence-corrected chi connectivity index (χ2v) is 2.95. The van der Waals surface area contributed by atoms with E-state index in [0.29, 0.717) is 5.56 Å².